The quantitative estimate of drug-likeness (QED) is 0.0222. The standard InChI is InChI=1S/C84H164O17P2/c1-6-9-12-15-18-21-23-25-26-27-28-29-33-36-40-43-48-53-58-63-68-82(87)95-74-80(101-84(89)70-65-60-55-50-45-41-37-34-31-30-32-35-39-42-47-51-56-61-66-77(4)5)76-99-103(92,93)97-72-78(85)71-96-102(90,91)98-75-79(73-94-81(86)67-62-57-52-46-20-17-14-11-8-3)100-83(88)69-64-59-54-49-44-38-24-22-19-16-13-10-7-2/h77-80,85H,6-76H2,1-5H3,(H,90,91)(H,92,93)/t78-,79+,80+/m0/s1. The highest BCUT2D eigenvalue weighted by Crippen LogP contribution is 2.45. The SMILES string of the molecule is CCCCCCCCCCCCCCCCCCCCCCC(=O)OC[C@H](COP(=O)(O)OC[C@@H](O)COP(=O)(O)OC[C@@H](COC(=O)CCCCCCCCCCC)OC(=O)CCCCCCCCCCCCCCC)OC(=O)CCCCCCCCCCCCCCCCCCCCC(C)C. The minimum absolute atomic E-state index is 0.108. The maximum absolute atomic E-state index is 13.1. The summed E-state index contributed by atoms with van der Waals surface area (Å²) in [5.74, 6) is -1.28. The van der Waals surface area contributed by atoms with Gasteiger partial charge in [0.25, 0.3) is 0 Å². The Morgan fingerprint density at radius 2 is 0.447 bits per heavy atom. The molecule has 5 atom stereocenters. The van der Waals surface area contributed by atoms with Crippen molar-refractivity contribution in [2.45, 2.75) is 470 Å². The van der Waals surface area contributed by atoms with E-state index in [-0.39, 0.29) is 25.7 Å². The van der Waals surface area contributed by atoms with Crippen molar-refractivity contribution in [1.82, 2.24) is 0 Å². The second-order valence-corrected chi connectivity index (χ2v) is 33.6. The summed E-state index contributed by atoms with van der Waals surface area (Å²) >= 11 is 0. The molecule has 0 aromatic heterocycles. The van der Waals surface area contributed by atoms with E-state index in [0.717, 1.165) is 95.8 Å². The van der Waals surface area contributed by atoms with Crippen LogP contribution < -0.4 is 0 Å². The smallest absolute Gasteiger partial charge is 0.462 e. The molecule has 0 bridgehead atoms. The first-order chi connectivity index (χ1) is 50.0. The molecular weight excluding hydrogens is 1340 g/mol. The molecule has 0 aliphatic carbocycles. The maximum Gasteiger partial charge on any atom is 0.472 e. The summed E-state index contributed by atoms with van der Waals surface area (Å²) < 4.78 is 68.8. The van der Waals surface area contributed by atoms with Crippen molar-refractivity contribution in [3.63, 3.8) is 0 Å². The molecule has 0 saturated carbocycles. The van der Waals surface area contributed by atoms with E-state index >= 15 is 0 Å². The van der Waals surface area contributed by atoms with Crippen molar-refractivity contribution in [2.24, 2.45) is 5.92 Å². The van der Waals surface area contributed by atoms with Gasteiger partial charge in [-0.2, -0.15) is 0 Å². The van der Waals surface area contributed by atoms with Crippen molar-refractivity contribution < 1.29 is 80.2 Å². The molecule has 17 nitrogen and oxygen atoms in total. The summed E-state index contributed by atoms with van der Waals surface area (Å²) in [5, 5.41) is 10.6. The van der Waals surface area contributed by atoms with Gasteiger partial charge in [0.05, 0.1) is 26.4 Å². The first kappa shape index (κ1) is 101. The van der Waals surface area contributed by atoms with Gasteiger partial charge < -0.3 is 33.8 Å². The molecule has 3 N–H and O–H groups in total. The number of hydrogen-bond acceptors (Lipinski definition) is 15. The molecule has 0 amide bonds. The van der Waals surface area contributed by atoms with Crippen molar-refractivity contribution in [1.29, 1.82) is 0 Å². The number of carbonyl (C=O) groups excluding carboxylic acids is 4. The highest BCUT2D eigenvalue weighted by molar-refractivity contribution is 7.47. The summed E-state index contributed by atoms with van der Waals surface area (Å²) in [5.41, 5.74) is 0. The van der Waals surface area contributed by atoms with E-state index in [9.17, 15) is 43.2 Å². The van der Waals surface area contributed by atoms with Crippen LogP contribution in [-0.2, 0) is 65.4 Å². The van der Waals surface area contributed by atoms with Crippen molar-refractivity contribution in [3.8, 4) is 0 Å². The van der Waals surface area contributed by atoms with Gasteiger partial charge in [-0.05, 0) is 31.6 Å². The molecule has 0 heterocycles. The van der Waals surface area contributed by atoms with Crippen LogP contribution in [0.1, 0.15) is 452 Å². The van der Waals surface area contributed by atoms with Crippen LogP contribution in [-0.4, -0.2) is 96.7 Å². The van der Waals surface area contributed by atoms with E-state index < -0.39 is 97.5 Å². The third-order valence-corrected chi connectivity index (χ3v) is 21.7. The van der Waals surface area contributed by atoms with Crippen LogP contribution in [0.4, 0.5) is 0 Å². The number of aliphatic hydroxyl groups is 1. The van der Waals surface area contributed by atoms with Crippen LogP contribution in [0.25, 0.3) is 0 Å². The fourth-order valence-corrected chi connectivity index (χ4v) is 14.7. The molecule has 0 spiro atoms. The molecule has 0 aromatic carbocycles. The lowest BCUT2D eigenvalue weighted by Gasteiger charge is -2.21. The molecule has 0 rings (SSSR count). The summed E-state index contributed by atoms with van der Waals surface area (Å²) in [7, 11) is -9.92. The largest absolute Gasteiger partial charge is 0.472 e. The zero-order valence-corrected chi connectivity index (χ0v) is 69.3. The third-order valence-electron chi connectivity index (χ3n) is 19.8. The predicted octanol–water partition coefficient (Wildman–Crippen LogP) is 25.6. The molecule has 103 heavy (non-hydrogen) atoms. The number of hydrogen-bond donors (Lipinski definition) is 3. The Morgan fingerprint density at radius 3 is 0.660 bits per heavy atom. The van der Waals surface area contributed by atoms with Crippen LogP contribution in [0, 0.1) is 5.92 Å². The number of phosphoric ester groups is 2. The van der Waals surface area contributed by atoms with E-state index in [1.165, 1.54) is 276 Å². The molecule has 0 saturated heterocycles. The molecule has 0 aliphatic heterocycles. The molecule has 0 fully saturated rings. The van der Waals surface area contributed by atoms with E-state index in [2.05, 4.69) is 34.6 Å². The number of phosphoric acid groups is 2. The Balaban J connectivity index is 5.19. The Kier molecular flexibility index (Phi) is 75.4. The van der Waals surface area contributed by atoms with Gasteiger partial charge >= 0.3 is 39.5 Å². The van der Waals surface area contributed by atoms with Gasteiger partial charge in [0.2, 0.25) is 0 Å². The molecule has 0 aromatic rings. The van der Waals surface area contributed by atoms with E-state index in [0.29, 0.717) is 25.7 Å². The predicted molar refractivity (Wildman–Crippen MR) is 423 cm³/mol. The number of rotatable bonds is 84. The van der Waals surface area contributed by atoms with Crippen molar-refractivity contribution >= 4 is 39.5 Å². The highest BCUT2D eigenvalue weighted by Gasteiger charge is 2.30. The lowest BCUT2D eigenvalue weighted by molar-refractivity contribution is -0.161. The fourth-order valence-electron chi connectivity index (χ4n) is 13.1. The fraction of sp³-hybridized carbons (Fsp3) is 0.952. The number of ether oxygens (including phenoxy) is 4. The first-order valence-corrected chi connectivity index (χ1v) is 46.6. The van der Waals surface area contributed by atoms with Gasteiger partial charge in [-0.25, -0.2) is 9.13 Å². The van der Waals surface area contributed by atoms with Gasteiger partial charge in [0.1, 0.15) is 19.3 Å². The summed E-state index contributed by atoms with van der Waals surface area (Å²) in [6, 6.07) is 0. The lowest BCUT2D eigenvalue weighted by Crippen LogP contribution is -2.30. The Bertz CT molecular complexity index is 1960. The van der Waals surface area contributed by atoms with Gasteiger partial charge in [-0.1, -0.05) is 401 Å². The number of aliphatic hydroxyl groups excluding tert-OH is 1. The minimum Gasteiger partial charge on any atom is -0.462 e. The van der Waals surface area contributed by atoms with E-state index in [1.807, 2.05) is 0 Å². The van der Waals surface area contributed by atoms with Crippen molar-refractivity contribution in [3.05, 3.63) is 0 Å². The number of esters is 4. The average molecular weight is 1510 g/mol. The summed E-state index contributed by atoms with van der Waals surface area (Å²) in [4.78, 5) is 73.0. The molecule has 2 unspecified atom stereocenters. The molecular formula is C84H164O17P2. The normalized spacial score (nSPS) is 13.8. The lowest BCUT2D eigenvalue weighted by atomic mass is 10.0. The zero-order valence-electron chi connectivity index (χ0n) is 67.5. The Morgan fingerprint density at radius 1 is 0.262 bits per heavy atom. The summed E-state index contributed by atoms with van der Waals surface area (Å²) in [6.07, 6.45) is 69.5. The number of unbranched alkanes of at least 4 members (excludes halogenated alkanes) is 56. The second-order valence-electron chi connectivity index (χ2n) is 30.7. The third kappa shape index (κ3) is 78.0. The Labute approximate surface area is 632 Å². The van der Waals surface area contributed by atoms with Gasteiger partial charge in [-0.15, -0.1) is 0 Å². The topological polar surface area (TPSA) is 237 Å². The first-order valence-electron chi connectivity index (χ1n) is 43.6. The van der Waals surface area contributed by atoms with E-state index in [1.54, 1.807) is 0 Å². The van der Waals surface area contributed by atoms with Gasteiger partial charge in [0.15, 0.2) is 12.2 Å². The number of carbonyl (C=O) groups is 4. The summed E-state index contributed by atoms with van der Waals surface area (Å²) in [6.45, 7) is 7.37. The minimum atomic E-state index is -4.96. The maximum atomic E-state index is 13.1. The monoisotopic (exact) mass is 1510 g/mol. The highest BCUT2D eigenvalue weighted by atomic mass is 31.2. The van der Waals surface area contributed by atoms with Gasteiger partial charge in [-0.3, -0.25) is 37.3 Å². The molecule has 0 radical (unpaired) electrons. The zero-order chi connectivity index (χ0) is 75.5. The van der Waals surface area contributed by atoms with Crippen LogP contribution in [0.15, 0.2) is 0 Å². The Hall–Kier alpha value is -1.94. The second kappa shape index (κ2) is 76.8. The van der Waals surface area contributed by atoms with Crippen LogP contribution >= 0.6 is 15.6 Å². The average Bonchev–Trinajstić information content (AvgIpc) is 0.907. The van der Waals surface area contributed by atoms with Crippen molar-refractivity contribution in [2.75, 3.05) is 39.6 Å². The van der Waals surface area contributed by atoms with Crippen LogP contribution in [0.2, 0.25) is 0 Å². The molecule has 612 valence electrons. The van der Waals surface area contributed by atoms with Crippen LogP contribution in [0.5, 0.6) is 0 Å². The van der Waals surface area contributed by atoms with E-state index in [4.69, 9.17) is 37.0 Å². The molecule has 19 heteroatoms. The molecule has 0 aliphatic rings. The van der Waals surface area contributed by atoms with Crippen LogP contribution in [0.3, 0.4) is 0 Å². The van der Waals surface area contributed by atoms with Gasteiger partial charge in [0, 0.05) is 25.7 Å².